The fraction of sp³-hybridized carbons (Fsp3) is 0.273. The van der Waals surface area contributed by atoms with Crippen LogP contribution in [0.3, 0.4) is 0 Å². The van der Waals surface area contributed by atoms with E-state index in [2.05, 4.69) is 9.97 Å². The van der Waals surface area contributed by atoms with Crippen LogP contribution in [0.4, 0.5) is 0 Å². The second-order valence-corrected chi connectivity index (χ2v) is 4.52. The zero-order valence-electron chi connectivity index (χ0n) is 8.80. The standard InChI is InChI=1S/C11H12N2O2S/c1-16-9(11(14)15)5-7-6-13-8-3-2-4-12-10(7)8/h2-4,6,9,13H,5H2,1H3,(H,14,15)/t9-/m0/s1. The molecule has 2 aromatic heterocycles. The van der Waals surface area contributed by atoms with Gasteiger partial charge in [0.2, 0.25) is 0 Å². The van der Waals surface area contributed by atoms with Gasteiger partial charge in [0, 0.05) is 12.4 Å². The number of carboxylic acids is 1. The SMILES string of the molecule is CS[C@@H](Cc1c[nH]c2cccnc12)C(=O)O. The van der Waals surface area contributed by atoms with E-state index in [0.29, 0.717) is 6.42 Å². The van der Waals surface area contributed by atoms with Crippen molar-refractivity contribution in [1.29, 1.82) is 0 Å². The molecule has 0 aliphatic heterocycles. The van der Waals surface area contributed by atoms with Gasteiger partial charge in [-0.2, -0.15) is 0 Å². The predicted molar refractivity (Wildman–Crippen MR) is 64.7 cm³/mol. The number of rotatable bonds is 4. The van der Waals surface area contributed by atoms with E-state index in [-0.39, 0.29) is 0 Å². The molecule has 0 saturated carbocycles. The lowest BCUT2D eigenvalue weighted by atomic mass is 10.1. The number of carboxylic acid groups (broad SMARTS) is 1. The van der Waals surface area contributed by atoms with Crippen molar-refractivity contribution in [3.8, 4) is 0 Å². The van der Waals surface area contributed by atoms with Crippen LogP contribution in [-0.2, 0) is 11.2 Å². The quantitative estimate of drug-likeness (QED) is 0.851. The van der Waals surface area contributed by atoms with Crippen molar-refractivity contribution >= 4 is 28.8 Å². The lowest BCUT2D eigenvalue weighted by Crippen LogP contribution is -2.18. The second-order valence-electron chi connectivity index (χ2n) is 3.48. The molecule has 5 heteroatoms. The summed E-state index contributed by atoms with van der Waals surface area (Å²) < 4.78 is 0. The molecule has 0 aliphatic rings. The van der Waals surface area contributed by atoms with E-state index in [0.717, 1.165) is 16.6 Å². The smallest absolute Gasteiger partial charge is 0.316 e. The minimum atomic E-state index is -0.780. The molecule has 4 nitrogen and oxygen atoms in total. The van der Waals surface area contributed by atoms with Crippen molar-refractivity contribution in [2.75, 3.05) is 6.26 Å². The fourth-order valence-electron chi connectivity index (χ4n) is 1.64. The van der Waals surface area contributed by atoms with E-state index in [4.69, 9.17) is 5.11 Å². The van der Waals surface area contributed by atoms with Crippen molar-refractivity contribution in [1.82, 2.24) is 9.97 Å². The summed E-state index contributed by atoms with van der Waals surface area (Å²) in [5.41, 5.74) is 2.77. The third-order valence-electron chi connectivity index (χ3n) is 2.48. The Balaban J connectivity index is 2.30. The Hall–Kier alpha value is -1.49. The molecule has 0 aliphatic carbocycles. The molecule has 1 atom stereocenters. The number of carbonyl (C=O) groups is 1. The Bertz CT molecular complexity index is 509. The van der Waals surface area contributed by atoms with Crippen LogP contribution in [0.15, 0.2) is 24.5 Å². The van der Waals surface area contributed by atoms with Gasteiger partial charge in [-0.05, 0) is 30.4 Å². The number of nitrogens with one attached hydrogen (secondary N) is 1. The van der Waals surface area contributed by atoms with Gasteiger partial charge < -0.3 is 10.1 Å². The highest BCUT2D eigenvalue weighted by atomic mass is 32.2. The molecule has 16 heavy (non-hydrogen) atoms. The van der Waals surface area contributed by atoms with Crippen molar-refractivity contribution in [3.05, 3.63) is 30.1 Å². The summed E-state index contributed by atoms with van der Waals surface area (Å²) in [5, 5.41) is 8.58. The number of fused-ring (bicyclic) bond motifs is 1. The third-order valence-corrected chi connectivity index (χ3v) is 3.42. The average molecular weight is 236 g/mol. The Morgan fingerprint density at radius 1 is 1.69 bits per heavy atom. The molecular weight excluding hydrogens is 224 g/mol. The van der Waals surface area contributed by atoms with Gasteiger partial charge in [0.05, 0.1) is 11.0 Å². The Labute approximate surface area is 97.1 Å². The Morgan fingerprint density at radius 3 is 3.19 bits per heavy atom. The Kier molecular flexibility index (Phi) is 3.14. The number of aromatic nitrogens is 2. The number of H-pyrrole nitrogens is 1. The maximum atomic E-state index is 10.9. The molecular formula is C11H12N2O2S. The largest absolute Gasteiger partial charge is 0.480 e. The van der Waals surface area contributed by atoms with Crippen LogP contribution in [0, 0.1) is 0 Å². The van der Waals surface area contributed by atoms with Crippen LogP contribution >= 0.6 is 11.8 Å². The lowest BCUT2D eigenvalue weighted by molar-refractivity contribution is -0.136. The highest BCUT2D eigenvalue weighted by molar-refractivity contribution is 7.99. The number of hydrogen-bond acceptors (Lipinski definition) is 3. The maximum absolute atomic E-state index is 10.9. The van der Waals surface area contributed by atoms with Crippen LogP contribution in [0.1, 0.15) is 5.56 Å². The molecule has 0 amide bonds. The molecule has 2 N–H and O–H groups in total. The highest BCUT2D eigenvalue weighted by Crippen LogP contribution is 2.20. The molecule has 2 heterocycles. The second kappa shape index (κ2) is 4.57. The minimum absolute atomic E-state index is 0.416. The van der Waals surface area contributed by atoms with E-state index >= 15 is 0 Å². The van der Waals surface area contributed by atoms with Crippen LogP contribution < -0.4 is 0 Å². The lowest BCUT2D eigenvalue weighted by Gasteiger charge is -2.07. The maximum Gasteiger partial charge on any atom is 0.316 e. The summed E-state index contributed by atoms with van der Waals surface area (Å²) in [6.07, 6.45) is 5.85. The molecule has 0 radical (unpaired) electrons. The summed E-state index contributed by atoms with van der Waals surface area (Å²) >= 11 is 1.34. The van der Waals surface area contributed by atoms with Gasteiger partial charge in [-0.25, -0.2) is 0 Å². The predicted octanol–water partition coefficient (Wildman–Crippen LogP) is 1.92. The van der Waals surface area contributed by atoms with Crippen molar-refractivity contribution in [2.45, 2.75) is 11.7 Å². The van der Waals surface area contributed by atoms with Gasteiger partial charge >= 0.3 is 5.97 Å². The van der Waals surface area contributed by atoms with Crippen molar-refractivity contribution < 1.29 is 9.90 Å². The molecule has 2 rings (SSSR count). The van der Waals surface area contributed by atoms with E-state index in [1.165, 1.54) is 11.8 Å². The van der Waals surface area contributed by atoms with Crippen molar-refractivity contribution in [3.63, 3.8) is 0 Å². The van der Waals surface area contributed by atoms with Gasteiger partial charge in [-0.3, -0.25) is 9.78 Å². The number of hydrogen-bond donors (Lipinski definition) is 2. The van der Waals surface area contributed by atoms with E-state index in [1.807, 2.05) is 18.3 Å². The van der Waals surface area contributed by atoms with E-state index in [1.54, 1.807) is 12.5 Å². The summed E-state index contributed by atoms with van der Waals surface area (Å²) in [4.78, 5) is 18.3. The van der Waals surface area contributed by atoms with Crippen LogP contribution in [0.25, 0.3) is 11.0 Å². The first-order valence-corrected chi connectivity index (χ1v) is 6.17. The van der Waals surface area contributed by atoms with Crippen LogP contribution in [0.5, 0.6) is 0 Å². The first-order valence-electron chi connectivity index (χ1n) is 4.89. The summed E-state index contributed by atoms with van der Waals surface area (Å²) in [6, 6.07) is 3.78. The number of aliphatic carboxylic acids is 1. The monoisotopic (exact) mass is 236 g/mol. The molecule has 84 valence electrons. The van der Waals surface area contributed by atoms with Crippen LogP contribution in [0.2, 0.25) is 0 Å². The topological polar surface area (TPSA) is 66.0 Å². The normalized spacial score (nSPS) is 12.8. The Morgan fingerprint density at radius 2 is 2.50 bits per heavy atom. The first kappa shape index (κ1) is 11.0. The van der Waals surface area contributed by atoms with Gasteiger partial charge in [0.25, 0.3) is 0 Å². The zero-order chi connectivity index (χ0) is 11.5. The molecule has 2 aromatic rings. The van der Waals surface area contributed by atoms with Gasteiger partial charge in [-0.15, -0.1) is 11.8 Å². The molecule has 0 saturated heterocycles. The number of aromatic amines is 1. The molecule has 0 spiro atoms. The zero-order valence-corrected chi connectivity index (χ0v) is 9.62. The summed E-state index contributed by atoms with van der Waals surface area (Å²) in [5.74, 6) is -0.780. The minimum Gasteiger partial charge on any atom is -0.480 e. The summed E-state index contributed by atoms with van der Waals surface area (Å²) in [6.45, 7) is 0. The highest BCUT2D eigenvalue weighted by Gasteiger charge is 2.18. The molecule has 0 fully saturated rings. The van der Waals surface area contributed by atoms with Gasteiger partial charge in [-0.1, -0.05) is 0 Å². The van der Waals surface area contributed by atoms with Gasteiger partial charge in [0.1, 0.15) is 5.25 Å². The average Bonchev–Trinajstić information content (AvgIpc) is 2.69. The van der Waals surface area contributed by atoms with E-state index in [9.17, 15) is 4.79 Å². The van der Waals surface area contributed by atoms with Crippen LogP contribution in [-0.4, -0.2) is 32.5 Å². The fourth-order valence-corrected chi connectivity index (χ4v) is 2.19. The molecule has 0 aromatic carbocycles. The molecule has 0 unspecified atom stereocenters. The van der Waals surface area contributed by atoms with Crippen molar-refractivity contribution in [2.24, 2.45) is 0 Å². The number of thioether (sulfide) groups is 1. The van der Waals surface area contributed by atoms with Gasteiger partial charge in [0.15, 0.2) is 0 Å². The summed E-state index contributed by atoms with van der Waals surface area (Å²) in [7, 11) is 0. The number of pyridine rings is 1. The third kappa shape index (κ3) is 2.04. The first-order chi connectivity index (χ1) is 7.72. The molecule has 0 bridgehead atoms. The van der Waals surface area contributed by atoms with E-state index < -0.39 is 11.2 Å². The number of nitrogens with zero attached hydrogens (tertiary/aromatic N) is 1.